The first kappa shape index (κ1) is 32.7. The molecule has 0 atom stereocenters. The van der Waals surface area contributed by atoms with Gasteiger partial charge in [-0.05, 0) is 106 Å². The Kier molecular flexibility index (Phi) is 9.98. The van der Waals surface area contributed by atoms with E-state index in [2.05, 4.69) is 143 Å². The Labute approximate surface area is 299 Å². The van der Waals surface area contributed by atoms with Gasteiger partial charge in [0.25, 0.3) is 0 Å². The zero-order valence-electron chi connectivity index (χ0n) is 28.1. The van der Waals surface area contributed by atoms with Gasteiger partial charge in [-0.25, -0.2) is 0 Å². The Morgan fingerprint density at radius 2 is 0.863 bits per heavy atom. The van der Waals surface area contributed by atoms with Gasteiger partial charge in [0.2, 0.25) is 5.91 Å². The predicted octanol–water partition coefficient (Wildman–Crippen LogP) is 11.7. The van der Waals surface area contributed by atoms with Crippen LogP contribution in [0.25, 0.3) is 33.4 Å². The van der Waals surface area contributed by atoms with Crippen LogP contribution in [0.15, 0.2) is 189 Å². The summed E-state index contributed by atoms with van der Waals surface area (Å²) in [5.41, 5.74) is 14.1. The number of hydrogen-bond donors (Lipinski definition) is 4. The number of carbonyl (C=O) groups excluding carboxylic acids is 1. The topological polar surface area (TPSA) is 65.2 Å². The third-order valence-corrected chi connectivity index (χ3v) is 8.66. The molecule has 0 aliphatic heterocycles. The maximum Gasteiger partial charge on any atom is 0.243 e. The highest BCUT2D eigenvalue weighted by molar-refractivity contribution is 5.87. The molecule has 0 radical (unpaired) electrons. The van der Waals surface area contributed by atoms with E-state index in [9.17, 15) is 4.79 Å². The molecule has 0 heterocycles. The van der Waals surface area contributed by atoms with Crippen molar-refractivity contribution < 1.29 is 4.79 Å². The molecule has 7 rings (SSSR count). The van der Waals surface area contributed by atoms with Gasteiger partial charge >= 0.3 is 0 Å². The zero-order chi connectivity index (χ0) is 34.8. The van der Waals surface area contributed by atoms with Crippen LogP contribution in [0.5, 0.6) is 0 Å². The van der Waals surface area contributed by atoms with E-state index in [4.69, 9.17) is 0 Å². The summed E-state index contributed by atoms with van der Waals surface area (Å²) in [5, 5.41) is 13.4. The number of carbonyl (C=O) groups is 1. The first-order chi connectivity index (χ1) is 25.1. The van der Waals surface area contributed by atoms with Crippen molar-refractivity contribution in [3.05, 3.63) is 194 Å². The molecule has 0 fully saturated rings. The minimum Gasteiger partial charge on any atom is -0.356 e. The summed E-state index contributed by atoms with van der Waals surface area (Å²) in [7, 11) is 0. The van der Waals surface area contributed by atoms with E-state index in [1.165, 1.54) is 6.08 Å². The highest BCUT2D eigenvalue weighted by Gasteiger charge is 2.10. The van der Waals surface area contributed by atoms with Gasteiger partial charge in [-0.3, -0.25) is 4.79 Å². The van der Waals surface area contributed by atoms with Gasteiger partial charge in [0, 0.05) is 46.2 Å². The average Bonchev–Trinajstić information content (AvgIpc) is 3.19. The van der Waals surface area contributed by atoms with Gasteiger partial charge in [0.05, 0.1) is 0 Å². The smallest absolute Gasteiger partial charge is 0.243 e. The average molecular weight is 663 g/mol. The van der Waals surface area contributed by atoms with Crippen molar-refractivity contribution in [3.63, 3.8) is 0 Å². The van der Waals surface area contributed by atoms with Crippen LogP contribution in [-0.4, -0.2) is 5.91 Å². The summed E-state index contributed by atoms with van der Waals surface area (Å²) < 4.78 is 0. The van der Waals surface area contributed by atoms with Crippen molar-refractivity contribution in [1.29, 1.82) is 0 Å². The number of rotatable bonds is 12. The van der Waals surface area contributed by atoms with Crippen LogP contribution in [0.4, 0.5) is 34.1 Å². The molecule has 1 amide bonds. The minimum atomic E-state index is -0.180. The lowest BCUT2D eigenvalue weighted by Gasteiger charge is -2.16. The van der Waals surface area contributed by atoms with E-state index in [1.54, 1.807) is 0 Å². The fourth-order valence-electron chi connectivity index (χ4n) is 5.91. The Morgan fingerprint density at radius 1 is 0.451 bits per heavy atom. The molecule has 0 aliphatic carbocycles. The van der Waals surface area contributed by atoms with Crippen LogP contribution in [-0.2, 0) is 11.3 Å². The Bertz CT molecular complexity index is 2210. The van der Waals surface area contributed by atoms with Crippen LogP contribution in [0.3, 0.4) is 0 Å². The van der Waals surface area contributed by atoms with Crippen molar-refractivity contribution >= 4 is 40.0 Å². The third-order valence-electron chi connectivity index (χ3n) is 8.66. The molecule has 5 nitrogen and oxygen atoms in total. The van der Waals surface area contributed by atoms with E-state index in [0.717, 1.165) is 73.1 Å². The summed E-state index contributed by atoms with van der Waals surface area (Å²) in [6.45, 7) is 3.96. The van der Waals surface area contributed by atoms with Gasteiger partial charge in [-0.2, -0.15) is 0 Å². The number of hydrogen-bond acceptors (Lipinski definition) is 4. The number of nitrogens with one attached hydrogen (secondary N) is 4. The van der Waals surface area contributed by atoms with E-state index in [0.29, 0.717) is 6.54 Å². The van der Waals surface area contributed by atoms with Crippen molar-refractivity contribution in [2.75, 3.05) is 16.0 Å². The summed E-state index contributed by atoms with van der Waals surface area (Å²) in [6.07, 6.45) is 1.28. The number of anilines is 6. The molecule has 0 aliphatic rings. The molecule has 5 heteroatoms. The zero-order valence-corrected chi connectivity index (χ0v) is 28.1. The van der Waals surface area contributed by atoms with E-state index < -0.39 is 0 Å². The van der Waals surface area contributed by atoms with Gasteiger partial charge in [0.15, 0.2) is 0 Å². The fraction of sp³-hybridized carbons (Fsp3) is 0.0217. The van der Waals surface area contributed by atoms with Gasteiger partial charge < -0.3 is 21.3 Å². The first-order valence-electron chi connectivity index (χ1n) is 17.0. The van der Waals surface area contributed by atoms with Crippen molar-refractivity contribution in [1.82, 2.24) is 5.32 Å². The molecule has 0 aromatic heterocycles. The normalized spacial score (nSPS) is 10.6. The summed E-state index contributed by atoms with van der Waals surface area (Å²) in [6, 6.07) is 60.9. The Morgan fingerprint density at radius 3 is 1.39 bits per heavy atom. The Hall–Kier alpha value is -6.85. The predicted molar refractivity (Wildman–Crippen MR) is 214 cm³/mol. The third kappa shape index (κ3) is 8.42. The number of para-hydroxylation sites is 2. The van der Waals surface area contributed by atoms with Crippen LogP contribution in [0, 0.1) is 0 Å². The molecular weight excluding hydrogens is 625 g/mol. The lowest BCUT2D eigenvalue weighted by atomic mass is 9.96. The minimum absolute atomic E-state index is 0.180. The monoisotopic (exact) mass is 662 g/mol. The molecular formula is C46H38N4O. The molecule has 0 bridgehead atoms. The summed E-state index contributed by atoms with van der Waals surface area (Å²) in [5.74, 6) is -0.180. The largest absolute Gasteiger partial charge is 0.356 e. The number of benzene rings is 7. The molecule has 7 aromatic rings. The summed E-state index contributed by atoms with van der Waals surface area (Å²) in [4.78, 5) is 11.4. The van der Waals surface area contributed by atoms with Crippen LogP contribution < -0.4 is 21.3 Å². The highest BCUT2D eigenvalue weighted by Crippen LogP contribution is 2.36. The highest BCUT2D eigenvalue weighted by atomic mass is 16.1. The Balaban J connectivity index is 1.07. The molecule has 7 aromatic carbocycles. The van der Waals surface area contributed by atoms with Crippen LogP contribution in [0.1, 0.15) is 5.56 Å². The molecule has 0 unspecified atom stereocenters. The van der Waals surface area contributed by atoms with Gasteiger partial charge in [-0.15, -0.1) is 0 Å². The molecule has 0 saturated carbocycles. The molecule has 0 saturated heterocycles. The van der Waals surface area contributed by atoms with Gasteiger partial charge in [-0.1, -0.05) is 116 Å². The second-order valence-corrected chi connectivity index (χ2v) is 12.2. The van der Waals surface area contributed by atoms with Crippen LogP contribution in [0.2, 0.25) is 0 Å². The second-order valence-electron chi connectivity index (χ2n) is 12.2. The SMILES string of the molecule is C=CC(=O)NCc1ccc(Nc2ccc(-c3ccc(-c4ccc(-c5ccc(Nc6ccccc6)cc5)cc4Nc4ccccc4)cc3)cc2)cc1. The lowest BCUT2D eigenvalue weighted by Crippen LogP contribution is -2.19. The van der Waals surface area contributed by atoms with E-state index >= 15 is 0 Å². The van der Waals surface area contributed by atoms with Crippen molar-refractivity contribution in [3.8, 4) is 33.4 Å². The van der Waals surface area contributed by atoms with E-state index in [-0.39, 0.29) is 5.91 Å². The maximum atomic E-state index is 11.4. The molecule has 4 N–H and O–H groups in total. The molecule has 248 valence electrons. The first-order valence-corrected chi connectivity index (χ1v) is 17.0. The van der Waals surface area contributed by atoms with E-state index in [1.807, 2.05) is 60.7 Å². The molecule has 0 spiro atoms. The van der Waals surface area contributed by atoms with Gasteiger partial charge in [0.1, 0.15) is 0 Å². The van der Waals surface area contributed by atoms with Crippen LogP contribution >= 0.6 is 0 Å². The molecule has 51 heavy (non-hydrogen) atoms. The summed E-state index contributed by atoms with van der Waals surface area (Å²) >= 11 is 0. The fourth-order valence-corrected chi connectivity index (χ4v) is 5.91. The lowest BCUT2D eigenvalue weighted by molar-refractivity contribution is -0.116. The standard InChI is InChI=1S/C46H38N4O/c1-2-46(51)47-32-33-13-24-41(25-14-33)49-43-26-19-35(20-27-43)34-15-17-37(18-16-34)44-30-23-38(31-45(44)50-40-11-7-4-8-12-40)36-21-28-42(29-22-36)48-39-9-5-3-6-10-39/h2-31,48-50H,1,32H2,(H,47,51). The quantitative estimate of drug-likeness (QED) is 0.0983. The van der Waals surface area contributed by atoms with Crippen molar-refractivity contribution in [2.45, 2.75) is 6.54 Å². The number of amides is 1. The second kappa shape index (κ2) is 15.6. The maximum absolute atomic E-state index is 11.4. The van der Waals surface area contributed by atoms with Crippen molar-refractivity contribution in [2.24, 2.45) is 0 Å².